The maximum Gasteiger partial charge on any atom is 0.573 e. The number of guanidine groups is 1. The highest BCUT2D eigenvalue weighted by atomic mass is 19.4. The van der Waals surface area contributed by atoms with Crippen LogP contribution in [0.1, 0.15) is 67.6 Å². The second kappa shape index (κ2) is 18.5. The Kier molecular flexibility index (Phi) is 14.7. The maximum absolute atomic E-state index is 14.1. The Balaban J connectivity index is 0.000000944. The van der Waals surface area contributed by atoms with E-state index in [1.165, 1.54) is 18.2 Å². The van der Waals surface area contributed by atoms with Gasteiger partial charge in [-0.2, -0.15) is 13.2 Å². The van der Waals surface area contributed by atoms with Crippen molar-refractivity contribution in [2.24, 2.45) is 23.3 Å². The number of ether oxygens (including phenoxy) is 1. The van der Waals surface area contributed by atoms with Crippen LogP contribution in [-0.2, 0) is 20.8 Å². The SMILES string of the molecule is N=C(N)c1ccc(CC(C(=O)N[C@H](C(=O)NCC2CCN(C(=N)N)CC2)C2CCCCC2)c2ccccc2OC(F)(F)F)cc1.O=C(O)C(F)(F)F. The van der Waals surface area contributed by atoms with Crippen LogP contribution in [0.15, 0.2) is 48.5 Å². The summed E-state index contributed by atoms with van der Waals surface area (Å²) >= 11 is 0. The van der Waals surface area contributed by atoms with Crippen LogP contribution < -0.4 is 26.8 Å². The summed E-state index contributed by atoms with van der Waals surface area (Å²) in [4.78, 5) is 38.4. The topological polar surface area (TPSA) is 208 Å². The fourth-order valence-corrected chi connectivity index (χ4v) is 6.24. The number of carboxylic acid groups (broad SMARTS) is 1. The van der Waals surface area contributed by atoms with Crippen LogP contribution in [0, 0.1) is 22.7 Å². The average molecular weight is 744 g/mol. The summed E-state index contributed by atoms with van der Waals surface area (Å²) in [5.74, 6) is -5.26. The average Bonchev–Trinajstić information content (AvgIpc) is 3.08. The Morgan fingerprint density at radius 2 is 1.46 bits per heavy atom. The van der Waals surface area contributed by atoms with Crippen molar-refractivity contribution in [1.82, 2.24) is 15.5 Å². The van der Waals surface area contributed by atoms with E-state index in [4.69, 9.17) is 32.2 Å². The smallest absolute Gasteiger partial charge is 0.475 e. The fourth-order valence-electron chi connectivity index (χ4n) is 6.24. The number of aliphatic carboxylic acids is 1. The molecule has 0 radical (unpaired) electrons. The second-order valence-electron chi connectivity index (χ2n) is 12.7. The van der Waals surface area contributed by atoms with Gasteiger partial charge in [0.05, 0.1) is 5.92 Å². The van der Waals surface area contributed by atoms with Crippen LogP contribution >= 0.6 is 0 Å². The first kappa shape index (κ1) is 41.4. The van der Waals surface area contributed by atoms with Crippen molar-refractivity contribution in [3.63, 3.8) is 0 Å². The highest BCUT2D eigenvalue weighted by Crippen LogP contribution is 2.34. The molecule has 2 aromatic carbocycles. The lowest BCUT2D eigenvalue weighted by atomic mass is 9.82. The number of hydrogen-bond acceptors (Lipinski definition) is 6. The zero-order chi connectivity index (χ0) is 38.6. The third-order valence-electron chi connectivity index (χ3n) is 9.01. The van der Waals surface area contributed by atoms with Gasteiger partial charge in [-0.05, 0) is 55.6 Å². The number of nitrogens with zero attached hydrogens (tertiary/aromatic N) is 1. The van der Waals surface area contributed by atoms with Gasteiger partial charge >= 0.3 is 18.5 Å². The first-order valence-electron chi connectivity index (χ1n) is 16.6. The number of rotatable bonds is 11. The van der Waals surface area contributed by atoms with E-state index >= 15 is 0 Å². The van der Waals surface area contributed by atoms with Gasteiger partial charge in [0, 0.05) is 30.8 Å². The van der Waals surface area contributed by atoms with E-state index in [1.807, 2.05) is 0 Å². The second-order valence-corrected chi connectivity index (χ2v) is 12.7. The monoisotopic (exact) mass is 743 g/mol. The van der Waals surface area contributed by atoms with Gasteiger partial charge in [0.25, 0.3) is 0 Å². The van der Waals surface area contributed by atoms with Crippen molar-refractivity contribution in [3.05, 3.63) is 65.2 Å². The molecule has 1 aliphatic carbocycles. The number of nitrogens with one attached hydrogen (secondary N) is 4. The lowest BCUT2D eigenvalue weighted by Gasteiger charge is -2.34. The number of nitrogen functional groups attached to an aromatic ring is 1. The molecule has 2 fully saturated rings. The van der Waals surface area contributed by atoms with E-state index in [0.717, 1.165) is 44.9 Å². The summed E-state index contributed by atoms with van der Waals surface area (Å²) in [5.41, 5.74) is 12.3. The number of alkyl halides is 6. The zero-order valence-corrected chi connectivity index (χ0v) is 28.2. The lowest BCUT2D eigenvalue weighted by molar-refractivity contribution is -0.275. The normalized spacial score (nSPS) is 16.8. The zero-order valence-electron chi connectivity index (χ0n) is 28.2. The Hall–Kier alpha value is -5.03. The molecule has 286 valence electrons. The highest BCUT2D eigenvalue weighted by Gasteiger charge is 2.39. The molecule has 9 N–H and O–H groups in total. The van der Waals surface area contributed by atoms with Crippen molar-refractivity contribution >= 4 is 29.6 Å². The molecular weight excluding hydrogens is 700 g/mol. The number of nitrogens with two attached hydrogens (primary N) is 2. The highest BCUT2D eigenvalue weighted by molar-refractivity contribution is 5.95. The molecule has 1 saturated carbocycles. The predicted molar refractivity (Wildman–Crippen MR) is 178 cm³/mol. The molecule has 12 nitrogen and oxygen atoms in total. The van der Waals surface area contributed by atoms with E-state index in [2.05, 4.69) is 15.4 Å². The molecule has 2 atom stereocenters. The molecule has 0 spiro atoms. The summed E-state index contributed by atoms with van der Waals surface area (Å²) in [5, 5.41) is 28.4. The van der Waals surface area contributed by atoms with E-state index in [-0.39, 0.29) is 41.5 Å². The predicted octanol–water partition coefficient (Wildman–Crippen LogP) is 4.62. The summed E-state index contributed by atoms with van der Waals surface area (Å²) in [6.07, 6.45) is -4.12. The molecule has 18 heteroatoms. The van der Waals surface area contributed by atoms with Crippen LogP contribution in [-0.4, -0.2) is 77.8 Å². The van der Waals surface area contributed by atoms with Gasteiger partial charge < -0.3 is 36.8 Å². The molecule has 1 unspecified atom stereocenters. The number of amidine groups is 1. The maximum atomic E-state index is 14.1. The Labute approximate surface area is 296 Å². The number of carboxylic acids is 1. The van der Waals surface area contributed by atoms with Crippen LogP contribution in [0.4, 0.5) is 26.3 Å². The van der Waals surface area contributed by atoms with Gasteiger partial charge in [-0.25, -0.2) is 4.79 Å². The largest absolute Gasteiger partial charge is 0.573 e. The van der Waals surface area contributed by atoms with Gasteiger partial charge in [0.2, 0.25) is 11.8 Å². The molecule has 0 aromatic heterocycles. The quantitative estimate of drug-likeness (QED) is 0.0980. The van der Waals surface area contributed by atoms with Crippen LogP contribution in [0.2, 0.25) is 0 Å². The first-order chi connectivity index (χ1) is 24.4. The molecule has 1 aliphatic heterocycles. The third-order valence-corrected chi connectivity index (χ3v) is 9.01. The van der Waals surface area contributed by atoms with E-state index in [9.17, 15) is 35.9 Å². The van der Waals surface area contributed by atoms with Gasteiger partial charge in [-0.1, -0.05) is 61.7 Å². The number of piperidine rings is 1. The van der Waals surface area contributed by atoms with E-state index < -0.39 is 42.1 Å². The molecule has 2 amide bonds. The van der Waals surface area contributed by atoms with Crippen LogP contribution in [0.3, 0.4) is 0 Å². The van der Waals surface area contributed by atoms with Crippen molar-refractivity contribution in [3.8, 4) is 5.75 Å². The molecule has 1 heterocycles. The Morgan fingerprint density at radius 3 is 1.98 bits per heavy atom. The van der Waals surface area contributed by atoms with Crippen molar-refractivity contribution in [2.75, 3.05) is 19.6 Å². The molecule has 1 saturated heterocycles. The van der Waals surface area contributed by atoms with Crippen molar-refractivity contribution in [1.29, 1.82) is 10.8 Å². The number of amides is 2. The summed E-state index contributed by atoms with van der Waals surface area (Å²) in [6, 6.07) is 11.3. The van der Waals surface area contributed by atoms with E-state index in [1.54, 1.807) is 35.2 Å². The molecule has 0 bridgehead atoms. The molecule has 4 rings (SSSR count). The standard InChI is InChI=1S/C32H42F3N7O3.C2HF3O2/c33-32(34,35)45-26-9-5-4-8-24(26)25(18-20-10-12-23(13-11-20)28(36)37)29(43)41-27(22-6-2-1-3-7-22)30(44)40-19-21-14-16-42(17-15-21)31(38)39;3-2(4,5)1(6)7/h4-5,8-13,21-22,25,27H,1-3,6-7,14-19H2,(H3,36,37)(H3,38,39)(H,40,44)(H,41,43);(H,6,7)/t25?,27-;/m0./s1. The molecular formula is C34H43F6N7O5. The summed E-state index contributed by atoms with van der Waals surface area (Å²) < 4.78 is 76.1. The number of hydrogen-bond donors (Lipinski definition) is 7. The van der Waals surface area contributed by atoms with Crippen molar-refractivity contribution < 1.29 is 50.6 Å². The third kappa shape index (κ3) is 12.9. The van der Waals surface area contributed by atoms with Crippen molar-refractivity contribution in [2.45, 2.75) is 75.9 Å². The number of likely N-dealkylation sites (tertiary alicyclic amines) is 1. The molecule has 2 aromatic rings. The first-order valence-corrected chi connectivity index (χ1v) is 16.6. The summed E-state index contributed by atoms with van der Waals surface area (Å²) in [7, 11) is 0. The van der Waals surface area contributed by atoms with Gasteiger partial charge in [0.1, 0.15) is 17.6 Å². The number of para-hydroxylation sites is 1. The Morgan fingerprint density at radius 1 is 0.885 bits per heavy atom. The number of halogens is 6. The lowest BCUT2D eigenvalue weighted by Crippen LogP contribution is -2.53. The molecule has 52 heavy (non-hydrogen) atoms. The minimum atomic E-state index is -5.08. The van der Waals surface area contributed by atoms with Crippen LogP contribution in [0.25, 0.3) is 0 Å². The van der Waals surface area contributed by atoms with Gasteiger partial charge in [-0.15, -0.1) is 13.2 Å². The summed E-state index contributed by atoms with van der Waals surface area (Å²) in [6.45, 7) is 1.68. The van der Waals surface area contributed by atoms with Gasteiger partial charge in [-0.3, -0.25) is 20.4 Å². The molecule has 2 aliphatic rings. The minimum absolute atomic E-state index is 0.0238. The fraction of sp³-hybridized carbons (Fsp3) is 0.500. The number of carbonyl (C=O) groups excluding carboxylic acids is 2. The van der Waals surface area contributed by atoms with Crippen LogP contribution in [0.5, 0.6) is 5.75 Å². The number of benzene rings is 2. The Bertz CT molecular complexity index is 1540. The minimum Gasteiger partial charge on any atom is -0.475 e. The number of carbonyl (C=O) groups is 3. The van der Waals surface area contributed by atoms with Gasteiger partial charge in [0.15, 0.2) is 5.96 Å². The van der Waals surface area contributed by atoms with E-state index in [0.29, 0.717) is 30.8 Å².